The molecule has 1 aliphatic carbocycles. The highest BCUT2D eigenvalue weighted by Crippen LogP contribution is 2.39. The lowest BCUT2D eigenvalue weighted by Gasteiger charge is -2.36. The van der Waals surface area contributed by atoms with Crippen molar-refractivity contribution in [3.05, 3.63) is 24.3 Å². The smallest absolute Gasteiger partial charge is 0.226 e. The van der Waals surface area contributed by atoms with Crippen LogP contribution in [-0.4, -0.2) is 23.6 Å². The van der Waals surface area contributed by atoms with E-state index in [1.807, 2.05) is 24.3 Å². The van der Waals surface area contributed by atoms with Gasteiger partial charge in [-0.3, -0.25) is 0 Å². The molecule has 1 aromatic carbocycles. The van der Waals surface area contributed by atoms with Gasteiger partial charge in [-0.1, -0.05) is 39.3 Å². The van der Waals surface area contributed by atoms with E-state index in [0.29, 0.717) is 17.4 Å². The fourth-order valence-corrected chi connectivity index (χ4v) is 5.94. The minimum atomic E-state index is -3.42. The van der Waals surface area contributed by atoms with Crippen LogP contribution in [0.1, 0.15) is 40.0 Å². The van der Waals surface area contributed by atoms with Crippen molar-refractivity contribution in [3.8, 4) is 0 Å². The number of aromatic nitrogens is 2. The number of rotatable bonds is 3. The zero-order valence-corrected chi connectivity index (χ0v) is 14.2. The van der Waals surface area contributed by atoms with Crippen LogP contribution in [0.25, 0.3) is 11.0 Å². The second-order valence-corrected chi connectivity index (χ2v) is 9.05. The average Bonchev–Trinajstić information content (AvgIpc) is 2.91. The van der Waals surface area contributed by atoms with Crippen LogP contribution >= 0.6 is 0 Å². The Hall–Kier alpha value is -1.36. The summed E-state index contributed by atoms with van der Waals surface area (Å²) in [5, 5.41) is -0.185. The second kappa shape index (κ2) is 5.69. The first-order valence-corrected chi connectivity index (χ1v) is 9.63. The van der Waals surface area contributed by atoms with Gasteiger partial charge < -0.3 is 4.98 Å². The normalized spacial score (nSPS) is 26.6. The quantitative estimate of drug-likeness (QED) is 0.935. The summed E-state index contributed by atoms with van der Waals surface area (Å²) >= 11 is 0. The number of fused-ring (bicyclic) bond motifs is 1. The molecular formula is C17H24N2O2S. The Morgan fingerprint density at radius 2 is 1.95 bits per heavy atom. The Kier molecular flexibility index (Phi) is 4.02. The molecule has 0 aliphatic heterocycles. The number of aromatic amines is 1. The number of nitrogens with zero attached hydrogens (tertiary/aromatic N) is 1. The second-order valence-electron chi connectivity index (χ2n) is 6.97. The SMILES string of the molecule is CC1CCC(C(C)C)C(S(=O)(=O)c2nc3ccccc3[nH]2)C1. The Bertz CT molecular complexity index is 731. The molecule has 0 bridgehead atoms. The molecule has 3 unspecified atom stereocenters. The molecule has 1 heterocycles. The molecule has 120 valence electrons. The maximum atomic E-state index is 13.1. The Balaban J connectivity index is 2.02. The predicted octanol–water partition coefficient (Wildman–Crippen LogP) is 3.80. The lowest BCUT2D eigenvalue weighted by molar-refractivity contribution is 0.236. The largest absolute Gasteiger partial charge is 0.329 e. The number of nitrogens with one attached hydrogen (secondary N) is 1. The molecule has 22 heavy (non-hydrogen) atoms. The molecule has 3 rings (SSSR count). The van der Waals surface area contributed by atoms with Crippen molar-refractivity contribution >= 4 is 20.9 Å². The summed E-state index contributed by atoms with van der Waals surface area (Å²) < 4.78 is 26.2. The van der Waals surface area contributed by atoms with Gasteiger partial charge in [0, 0.05) is 0 Å². The highest BCUT2D eigenvalue weighted by molar-refractivity contribution is 7.91. The highest BCUT2D eigenvalue weighted by atomic mass is 32.2. The third-order valence-corrected chi connectivity index (χ3v) is 7.07. The lowest BCUT2D eigenvalue weighted by Crippen LogP contribution is -2.38. The van der Waals surface area contributed by atoms with Gasteiger partial charge in [0.25, 0.3) is 0 Å². The number of benzene rings is 1. The van der Waals surface area contributed by atoms with E-state index in [-0.39, 0.29) is 16.3 Å². The van der Waals surface area contributed by atoms with Crippen LogP contribution in [0.5, 0.6) is 0 Å². The highest BCUT2D eigenvalue weighted by Gasteiger charge is 2.41. The van der Waals surface area contributed by atoms with E-state index in [2.05, 4.69) is 30.7 Å². The van der Waals surface area contributed by atoms with Crippen LogP contribution in [0.3, 0.4) is 0 Å². The molecule has 4 nitrogen and oxygen atoms in total. The molecule has 0 amide bonds. The van der Waals surface area contributed by atoms with Crippen molar-refractivity contribution in [3.63, 3.8) is 0 Å². The van der Waals surface area contributed by atoms with Crippen LogP contribution in [0, 0.1) is 17.8 Å². The van der Waals surface area contributed by atoms with Gasteiger partial charge in [0.05, 0.1) is 16.3 Å². The number of imidazole rings is 1. The van der Waals surface area contributed by atoms with E-state index < -0.39 is 9.84 Å². The zero-order valence-electron chi connectivity index (χ0n) is 13.4. The maximum absolute atomic E-state index is 13.1. The van der Waals surface area contributed by atoms with Crippen molar-refractivity contribution in [1.29, 1.82) is 0 Å². The summed E-state index contributed by atoms with van der Waals surface area (Å²) in [6, 6.07) is 7.47. The van der Waals surface area contributed by atoms with E-state index in [9.17, 15) is 8.42 Å². The molecule has 5 heteroatoms. The maximum Gasteiger partial charge on any atom is 0.226 e. The first-order valence-electron chi connectivity index (χ1n) is 8.08. The van der Waals surface area contributed by atoms with Gasteiger partial charge in [-0.05, 0) is 42.7 Å². The summed E-state index contributed by atoms with van der Waals surface area (Å²) in [4.78, 5) is 7.34. The Morgan fingerprint density at radius 3 is 2.64 bits per heavy atom. The van der Waals surface area contributed by atoms with Gasteiger partial charge >= 0.3 is 0 Å². The van der Waals surface area contributed by atoms with Gasteiger partial charge in [-0.25, -0.2) is 13.4 Å². The molecule has 1 fully saturated rings. The third kappa shape index (κ3) is 2.67. The van der Waals surface area contributed by atoms with Crippen LogP contribution < -0.4 is 0 Å². The molecule has 1 N–H and O–H groups in total. The van der Waals surface area contributed by atoms with E-state index in [0.717, 1.165) is 24.8 Å². The van der Waals surface area contributed by atoms with E-state index in [4.69, 9.17) is 0 Å². The summed E-state index contributed by atoms with van der Waals surface area (Å²) in [5.41, 5.74) is 1.50. The minimum Gasteiger partial charge on any atom is -0.329 e. The average molecular weight is 320 g/mol. The summed E-state index contributed by atoms with van der Waals surface area (Å²) in [5.74, 6) is 1.05. The number of sulfone groups is 1. The molecule has 3 atom stereocenters. The van der Waals surface area contributed by atoms with Crippen molar-refractivity contribution in [2.45, 2.75) is 50.4 Å². The number of H-pyrrole nitrogens is 1. The number of hydrogen-bond donors (Lipinski definition) is 1. The summed E-state index contributed by atoms with van der Waals surface area (Å²) in [6.45, 7) is 6.40. The molecule has 2 aromatic rings. The van der Waals surface area contributed by atoms with Crippen LogP contribution in [-0.2, 0) is 9.84 Å². The molecule has 1 aliphatic rings. The molecule has 1 saturated carbocycles. The molecular weight excluding hydrogens is 296 g/mol. The van der Waals surface area contributed by atoms with Crippen molar-refractivity contribution < 1.29 is 8.42 Å². The Labute approximate surface area is 132 Å². The monoisotopic (exact) mass is 320 g/mol. The van der Waals surface area contributed by atoms with Crippen LogP contribution in [0.15, 0.2) is 29.4 Å². The van der Waals surface area contributed by atoms with Crippen molar-refractivity contribution in [2.75, 3.05) is 0 Å². The van der Waals surface area contributed by atoms with Crippen LogP contribution in [0.2, 0.25) is 0 Å². The summed E-state index contributed by atoms with van der Waals surface area (Å²) in [7, 11) is -3.42. The van der Waals surface area contributed by atoms with Gasteiger partial charge in [-0.2, -0.15) is 0 Å². The lowest BCUT2D eigenvalue weighted by atomic mass is 9.77. The topological polar surface area (TPSA) is 62.8 Å². The molecule has 1 aromatic heterocycles. The van der Waals surface area contributed by atoms with E-state index in [1.165, 1.54) is 0 Å². The summed E-state index contributed by atoms with van der Waals surface area (Å²) in [6.07, 6.45) is 2.85. The van der Waals surface area contributed by atoms with Gasteiger partial charge in [0.1, 0.15) is 0 Å². The molecule has 0 spiro atoms. The van der Waals surface area contributed by atoms with E-state index in [1.54, 1.807) is 0 Å². The fraction of sp³-hybridized carbons (Fsp3) is 0.588. The predicted molar refractivity (Wildman–Crippen MR) is 88.4 cm³/mol. The van der Waals surface area contributed by atoms with Crippen molar-refractivity contribution in [2.24, 2.45) is 17.8 Å². The number of hydrogen-bond acceptors (Lipinski definition) is 3. The molecule has 0 radical (unpaired) electrons. The third-order valence-electron chi connectivity index (χ3n) is 5.00. The van der Waals surface area contributed by atoms with Gasteiger partial charge in [-0.15, -0.1) is 0 Å². The first kappa shape index (κ1) is 15.5. The molecule has 0 saturated heterocycles. The van der Waals surface area contributed by atoms with Gasteiger partial charge in [0.2, 0.25) is 15.0 Å². The first-order chi connectivity index (χ1) is 10.4. The van der Waals surface area contributed by atoms with E-state index >= 15 is 0 Å². The zero-order chi connectivity index (χ0) is 15.9. The Morgan fingerprint density at radius 1 is 1.23 bits per heavy atom. The standard InChI is InChI=1S/C17H24N2O2S/c1-11(2)13-9-8-12(3)10-16(13)22(20,21)17-18-14-6-4-5-7-15(14)19-17/h4-7,11-13,16H,8-10H2,1-3H3,(H,18,19). The fourth-order valence-electron chi connectivity index (χ4n) is 3.68. The van der Waals surface area contributed by atoms with Gasteiger partial charge in [0.15, 0.2) is 0 Å². The minimum absolute atomic E-state index is 0.137. The van der Waals surface area contributed by atoms with Crippen molar-refractivity contribution in [1.82, 2.24) is 9.97 Å². The van der Waals surface area contributed by atoms with Crippen LogP contribution in [0.4, 0.5) is 0 Å². The number of para-hydroxylation sites is 2.